The van der Waals surface area contributed by atoms with E-state index in [4.69, 9.17) is 16.3 Å². The minimum Gasteiger partial charge on any atom is -0.450 e. The van der Waals surface area contributed by atoms with E-state index < -0.39 is 5.43 Å². The van der Waals surface area contributed by atoms with Gasteiger partial charge in [-0.25, -0.2) is 4.79 Å². The Morgan fingerprint density at radius 2 is 1.80 bits per heavy atom. The number of carbonyl (C=O) groups excluding carboxylic acids is 1. The van der Waals surface area contributed by atoms with Crippen LogP contribution in [0.5, 0.6) is 0 Å². The smallest absolute Gasteiger partial charge is 0.404 e. The van der Waals surface area contributed by atoms with Crippen LogP contribution in [-0.2, 0) is 4.74 Å². The SMILES string of the molecule is CCC(C)[C@@H](OC(=O)Cl)C(C)C(C)(C)C. The third-order valence-electron chi connectivity index (χ3n) is 3.29. The summed E-state index contributed by atoms with van der Waals surface area (Å²) < 4.78 is 5.22. The lowest BCUT2D eigenvalue weighted by atomic mass is 9.75. The van der Waals surface area contributed by atoms with Gasteiger partial charge < -0.3 is 4.74 Å². The summed E-state index contributed by atoms with van der Waals surface area (Å²) in [6.45, 7) is 12.7. The Balaban J connectivity index is 4.69. The molecule has 0 saturated carbocycles. The van der Waals surface area contributed by atoms with E-state index in [1.807, 2.05) is 0 Å². The monoisotopic (exact) mass is 234 g/mol. The minimum absolute atomic E-state index is 0.0972. The molecular weight excluding hydrogens is 212 g/mol. The lowest BCUT2D eigenvalue weighted by Gasteiger charge is -2.36. The average molecular weight is 235 g/mol. The quantitative estimate of drug-likeness (QED) is 0.672. The molecule has 2 nitrogen and oxygen atoms in total. The van der Waals surface area contributed by atoms with Gasteiger partial charge in [0.1, 0.15) is 6.10 Å². The molecule has 0 N–H and O–H groups in total. The Kier molecular flexibility index (Phi) is 5.65. The van der Waals surface area contributed by atoms with Crippen molar-refractivity contribution in [2.45, 2.75) is 54.1 Å². The van der Waals surface area contributed by atoms with E-state index >= 15 is 0 Å². The van der Waals surface area contributed by atoms with E-state index in [9.17, 15) is 4.79 Å². The molecule has 3 atom stereocenters. The van der Waals surface area contributed by atoms with Crippen LogP contribution in [0, 0.1) is 17.3 Å². The molecular formula is C12H23ClO2. The summed E-state index contributed by atoms with van der Waals surface area (Å²) >= 11 is 5.31. The lowest BCUT2D eigenvalue weighted by molar-refractivity contribution is 0.00667. The molecule has 0 rings (SSSR count). The van der Waals surface area contributed by atoms with E-state index in [-0.39, 0.29) is 17.4 Å². The fraction of sp³-hybridized carbons (Fsp3) is 0.917. The van der Waals surface area contributed by atoms with E-state index in [1.165, 1.54) is 0 Å². The molecule has 0 aliphatic heterocycles. The Hall–Kier alpha value is -0.240. The molecule has 15 heavy (non-hydrogen) atoms. The average Bonchev–Trinajstić information content (AvgIpc) is 2.10. The van der Waals surface area contributed by atoms with Gasteiger partial charge in [0.2, 0.25) is 0 Å². The number of hydrogen-bond donors (Lipinski definition) is 0. The van der Waals surface area contributed by atoms with Crippen LogP contribution in [0.3, 0.4) is 0 Å². The maximum Gasteiger partial charge on any atom is 0.404 e. The van der Waals surface area contributed by atoms with Gasteiger partial charge in [0.25, 0.3) is 0 Å². The van der Waals surface area contributed by atoms with Crippen LogP contribution in [-0.4, -0.2) is 11.5 Å². The zero-order valence-electron chi connectivity index (χ0n) is 10.6. The molecule has 0 saturated heterocycles. The molecule has 0 spiro atoms. The lowest BCUT2D eigenvalue weighted by Crippen LogP contribution is -2.37. The van der Waals surface area contributed by atoms with Gasteiger partial charge in [0, 0.05) is 11.6 Å². The fourth-order valence-electron chi connectivity index (χ4n) is 1.54. The largest absolute Gasteiger partial charge is 0.450 e. The van der Waals surface area contributed by atoms with Gasteiger partial charge in [0.05, 0.1) is 0 Å². The molecule has 0 heterocycles. The van der Waals surface area contributed by atoms with Crippen LogP contribution in [0.2, 0.25) is 0 Å². The van der Waals surface area contributed by atoms with Crippen molar-refractivity contribution in [1.82, 2.24) is 0 Å². The second-order valence-electron chi connectivity index (χ2n) is 5.36. The Morgan fingerprint density at radius 3 is 2.07 bits per heavy atom. The topological polar surface area (TPSA) is 26.3 Å². The molecule has 0 radical (unpaired) electrons. The van der Waals surface area contributed by atoms with Crippen molar-refractivity contribution in [1.29, 1.82) is 0 Å². The van der Waals surface area contributed by atoms with Crippen molar-refractivity contribution in [2.24, 2.45) is 17.3 Å². The van der Waals surface area contributed by atoms with Crippen LogP contribution in [0.1, 0.15) is 48.0 Å². The van der Waals surface area contributed by atoms with Gasteiger partial charge in [0.15, 0.2) is 0 Å². The van der Waals surface area contributed by atoms with Gasteiger partial charge in [-0.3, -0.25) is 0 Å². The van der Waals surface area contributed by atoms with Crippen molar-refractivity contribution in [2.75, 3.05) is 0 Å². The van der Waals surface area contributed by atoms with E-state index in [0.29, 0.717) is 5.92 Å². The van der Waals surface area contributed by atoms with E-state index in [1.54, 1.807) is 0 Å². The molecule has 90 valence electrons. The first kappa shape index (κ1) is 14.8. The predicted molar refractivity (Wildman–Crippen MR) is 64.2 cm³/mol. The Bertz CT molecular complexity index is 208. The highest BCUT2D eigenvalue weighted by Gasteiger charge is 2.33. The zero-order valence-corrected chi connectivity index (χ0v) is 11.4. The van der Waals surface area contributed by atoms with Gasteiger partial charge in [-0.2, -0.15) is 0 Å². The molecule has 0 aliphatic carbocycles. The normalized spacial score (nSPS) is 18.1. The van der Waals surface area contributed by atoms with Crippen molar-refractivity contribution >= 4 is 17.0 Å². The van der Waals surface area contributed by atoms with Crippen molar-refractivity contribution < 1.29 is 9.53 Å². The summed E-state index contributed by atoms with van der Waals surface area (Å²) in [7, 11) is 0. The number of hydrogen-bond acceptors (Lipinski definition) is 2. The van der Waals surface area contributed by atoms with Crippen LogP contribution >= 0.6 is 11.6 Å². The molecule has 0 aliphatic rings. The molecule has 3 heteroatoms. The summed E-state index contributed by atoms with van der Waals surface area (Å²) in [6.07, 6.45) is 0.884. The summed E-state index contributed by atoms with van der Waals surface area (Å²) in [6, 6.07) is 0. The summed E-state index contributed by atoms with van der Waals surface area (Å²) in [5.74, 6) is 0.622. The molecule has 2 unspecified atom stereocenters. The van der Waals surface area contributed by atoms with Gasteiger partial charge in [-0.05, 0) is 17.3 Å². The van der Waals surface area contributed by atoms with E-state index in [0.717, 1.165) is 6.42 Å². The highest BCUT2D eigenvalue weighted by atomic mass is 35.5. The third kappa shape index (κ3) is 4.87. The van der Waals surface area contributed by atoms with Crippen LogP contribution < -0.4 is 0 Å². The van der Waals surface area contributed by atoms with Crippen LogP contribution in [0.15, 0.2) is 0 Å². The first-order chi connectivity index (χ1) is 6.70. The van der Waals surface area contributed by atoms with Crippen molar-refractivity contribution in [3.63, 3.8) is 0 Å². The van der Waals surface area contributed by atoms with Crippen molar-refractivity contribution in [3.8, 4) is 0 Å². The maximum absolute atomic E-state index is 10.8. The van der Waals surface area contributed by atoms with Gasteiger partial charge in [-0.15, -0.1) is 0 Å². The van der Waals surface area contributed by atoms with Crippen LogP contribution in [0.4, 0.5) is 4.79 Å². The molecule has 0 fully saturated rings. The van der Waals surface area contributed by atoms with Gasteiger partial charge >= 0.3 is 5.43 Å². The molecule has 0 aromatic rings. The first-order valence-electron chi connectivity index (χ1n) is 5.56. The highest BCUT2D eigenvalue weighted by molar-refractivity contribution is 6.61. The molecule has 0 aromatic heterocycles. The molecule has 0 amide bonds. The Morgan fingerprint density at radius 1 is 1.33 bits per heavy atom. The number of ether oxygens (including phenoxy) is 1. The summed E-state index contributed by atoms with van der Waals surface area (Å²) in [5.41, 5.74) is -0.586. The second kappa shape index (κ2) is 5.74. The van der Waals surface area contributed by atoms with E-state index in [2.05, 4.69) is 41.5 Å². The maximum atomic E-state index is 10.8. The summed E-state index contributed by atoms with van der Waals surface area (Å²) in [5, 5.41) is 0. The minimum atomic E-state index is -0.698. The fourth-order valence-corrected chi connectivity index (χ4v) is 1.65. The first-order valence-corrected chi connectivity index (χ1v) is 5.94. The predicted octanol–water partition coefficient (Wildman–Crippen LogP) is 4.46. The highest BCUT2D eigenvalue weighted by Crippen LogP contribution is 2.34. The summed E-state index contributed by atoms with van der Waals surface area (Å²) in [4.78, 5) is 10.8. The number of carbonyl (C=O) groups is 1. The second-order valence-corrected chi connectivity index (χ2v) is 5.67. The molecule has 0 bridgehead atoms. The van der Waals surface area contributed by atoms with Crippen LogP contribution in [0.25, 0.3) is 0 Å². The van der Waals surface area contributed by atoms with Crippen molar-refractivity contribution in [3.05, 3.63) is 0 Å². The van der Waals surface area contributed by atoms with Gasteiger partial charge in [-0.1, -0.05) is 48.0 Å². The zero-order chi connectivity index (χ0) is 12.2. The Labute approximate surface area is 98.3 Å². The third-order valence-corrected chi connectivity index (χ3v) is 3.38. The molecule has 0 aromatic carbocycles. The number of halogens is 1. The number of rotatable bonds is 4. The standard InChI is InChI=1S/C12H23ClO2/c1-7-8(2)10(15-11(13)14)9(3)12(4,5)6/h8-10H,7H2,1-6H3/t8?,9?,10-/m1/s1.